The summed E-state index contributed by atoms with van der Waals surface area (Å²) in [4.78, 5) is 11.4. The fraction of sp³-hybridized carbons (Fsp3) is 0.500. The Labute approximate surface area is 113 Å². The molecule has 0 saturated heterocycles. The highest BCUT2D eigenvalue weighted by atomic mass is 35.5. The first kappa shape index (κ1) is 13.4. The van der Waals surface area contributed by atoms with Gasteiger partial charge in [0.2, 0.25) is 5.91 Å². The minimum Gasteiger partial charge on any atom is -0.325 e. The second kappa shape index (κ2) is 5.29. The Balaban J connectivity index is 2.35. The summed E-state index contributed by atoms with van der Waals surface area (Å²) in [6.07, 6.45) is 2.49. The monoisotopic (exact) mass is 266 g/mol. The highest BCUT2D eigenvalue weighted by Crippen LogP contribution is 2.35. The zero-order valence-corrected chi connectivity index (χ0v) is 11.6. The molecule has 1 aliphatic heterocycles. The summed E-state index contributed by atoms with van der Waals surface area (Å²) in [6, 6.07) is 3.74. The Morgan fingerprint density at radius 2 is 2.06 bits per heavy atom. The largest absolute Gasteiger partial charge is 0.325 e. The first-order chi connectivity index (χ1) is 8.56. The lowest BCUT2D eigenvalue weighted by atomic mass is 9.88. The van der Waals surface area contributed by atoms with Crippen molar-refractivity contribution >= 4 is 23.2 Å². The van der Waals surface area contributed by atoms with Crippen LogP contribution in [-0.4, -0.2) is 5.91 Å². The lowest BCUT2D eigenvalue weighted by Gasteiger charge is -2.23. The molecule has 0 aromatic heterocycles. The molecule has 0 fully saturated rings. The molecule has 3 nitrogen and oxygen atoms in total. The minimum absolute atomic E-state index is 0.0225. The number of amides is 1. The lowest BCUT2D eigenvalue weighted by Crippen LogP contribution is -2.21. The van der Waals surface area contributed by atoms with Crippen molar-refractivity contribution in [1.29, 1.82) is 0 Å². The van der Waals surface area contributed by atoms with Crippen LogP contribution in [-0.2, 0) is 11.2 Å². The van der Waals surface area contributed by atoms with E-state index in [-0.39, 0.29) is 11.9 Å². The molecule has 2 rings (SSSR count). The van der Waals surface area contributed by atoms with E-state index in [0.29, 0.717) is 17.4 Å². The van der Waals surface area contributed by atoms with Crippen molar-refractivity contribution in [2.24, 2.45) is 11.7 Å². The van der Waals surface area contributed by atoms with Gasteiger partial charge in [-0.15, -0.1) is 0 Å². The molecule has 1 heterocycles. The molecule has 0 aliphatic carbocycles. The van der Waals surface area contributed by atoms with Crippen LogP contribution in [0.3, 0.4) is 0 Å². The molecule has 98 valence electrons. The molecule has 1 aliphatic rings. The van der Waals surface area contributed by atoms with Crippen LogP contribution in [0.4, 0.5) is 5.69 Å². The number of benzene rings is 1. The van der Waals surface area contributed by atoms with E-state index >= 15 is 0 Å². The van der Waals surface area contributed by atoms with Crippen molar-refractivity contribution < 1.29 is 4.79 Å². The summed E-state index contributed by atoms with van der Waals surface area (Å²) in [5.74, 6) is 0.444. The number of anilines is 1. The number of carbonyl (C=O) groups excluding carboxylic acids is 1. The lowest BCUT2D eigenvalue weighted by molar-refractivity contribution is -0.115. The summed E-state index contributed by atoms with van der Waals surface area (Å²) in [5, 5.41) is 3.45. The van der Waals surface area contributed by atoms with Crippen LogP contribution in [0.5, 0.6) is 0 Å². The second-order valence-corrected chi connectivity index (χ2v) is 5.27. The van der Waals surface area contributed by atoms with Crippen LogP contribution in [0.15, 0.2) is 12.1 Å². The highest BCUT2D eigenvalue weighted by molar-refractivity contribution is 6.32. The predicted octanol–water partition coefficient (Wildman–Crippen LogP) is 3.27. The van der Waals surface area contributed by atoms with E-state index in [1.54, 1.807) is 0 Å². The van der Waals surface area contributed by atoms with Crippen molar-refractivity contribution in [2.75, 3.05) is 5.32 Å². The van der Waals surface area contributed by atoms with Gasteiger partial charge in [-0.05, 0) is 23.1 Å². The normalized spacial score (nSPS) is 15.7. The van der Waals surface area contributed by atoms with Gasteiger partial charge >= 0.3 is 0 Å². The molecule has 0 spiro atoms. The number of hydrogen-bond donors (Lipinski definition) is 2. The maximum atomic E-state index is 11.4. The zero-order valence-electron chi connectivity index (χ0n) is 10.8. The third kappa shape index (κ3) is 2.38. The molecule has 0 bridgehead atoms. The fourth-order valence-electron chi connectivity index (χ4n) is 2.57. The first-order valence-corrected chi connectivity index (χ1v) is 6.82. The molecule has 1 amide bonds. The van der Waals surface area contributed by atoms with E-state index in [1.807, 2.05) is 12.1 Å². The van der Waals surface area contributed by atoms with Crippen LogP contribution in [0.1, 0.15) is 43.9 Å². The molecular weight excluding hydrogens is 248 g/mol. The molecule has 1 aromatic rings. The third-order valence-electron chi connectivity index (χ3n) is 3.76. The van der Waals surface area contributed by atoms with Crippen LogP contribution in [0.25, 0.3) is 0 Å². The quantitative estimate of drug-likeness (QED) is 0.879. The van der Waals surface area contributed by atoms with E-state index in [2.05, 4.69) is 19.2 Å². The smallest absolute Gasteiger partial charge is 0.228 e. The molecule has 0 saturated carbocycles. The number of hydrogen-bond acceptors (Lipinski definition) is 2. The molecule has 4 heteroatoms. The van der Waals surface area contributed by atoms with E-state index in [1.165, 1.54) is 0 Å². The number of rotatable bonds is 4. The fourth-order valence-corrected chi connectivity index (χ4v) is 2.86. The molecule has 0 radical (unpaired) electrons. The number of fused-ring (bicyclic) bond motifs is 1. The van der Waals surface area contributed by atoms with Gasteiger partial charge in [0, 0.05) is 16.8 Å². The Hall–Kier alpha value is -1.06. The van der Waals surface area contributed by atoms with Gasteiger partial charge in [0.05, 0.1) is 6.42 Å². The van der Waals surface area contributed by atoms with Crippen molar-refractivity contribution in [3.8, 4) is 0 Å². The van der Waals surface area contributed by atoms with Crippen LogP contribution in [0, 0.1) is 5.92 Å². The Kier molecular flexibility index (Phi) is 3.93. The van der Waals surface area contributed by atoms with E-state index in [9.17, 15) is 4.79 Å². The van der Waals surface area contributed by atoms with Crippen LogP contribution >= 0.6 is 11.6 Å². The molecule has 18 heavy (non-hydrogen) atoms. The van der Waals surface area contributed by atoms with Crippen LogP contribution < -0.4 is 11.1 Å². The minimum atomic E-state index is -0.0616. The van der Waals surface area contributed by atoms with Crippen molar-refractivity contribution in [2.45, 2.75) is 39.2 Å². The summed E-state index contributed by atoms with van der Waals surface area (Å²) in [6.45, 7) is 4.28. The number of carbonyl (C=O) groups is 1. The SMILES string of the molecule is CCC(CC)C(N)c1cc2c(cc1Cl)NC(=O)C2. The molecule has 1 unspecified atom stereocenters. The number of nitrogens with two attached hydrogens (primary N) is 1. The zero-order chi connectivity index (χ0) is 13.3. The summed E-state index contributed by atoms with van der Waals surface area (Å²) in [7, 11) is 0. The van der Waals surface area contributed by atoms with Gasteiger partial charge in [-0.2, -0.15) is 0 Å². The van der Waals surface area contributed by atoms with Crippen LogP contribution in [0.2, 0.25) is 5.02 Å². The Morgan fingerprint density at radius 1 is 1.39 bits per heavy atom. The molecule has 1 aromatic carbocycles. The van der Waals surface area contributed by atoms with E-state index in [4.69, 9.17) is 17.3 Å². The van der Waals surface area contributed by atoms with E-state index < -0.39 is 0 Å². The predicted molar refractivity (Wildman–Crippen MR) is 74.8 cm³/mol. The molecule has 3 N–H and O–H groups in total. The summed E-state index contributed by atoms with van der Waals surface area (Å²) in [5.41, 5.74) is 9.08. The topological polar surface area (TPSA) is 55.1 Å². The average Bonchev–Trinajstić information content (AvgIpc) is 2.68. The Morgan fingerprint density at radius 3 is 2.67 bits per heavy atom. The number of nitrogens with one attached hydrogen (secondary N) is 1. The van der Waals surface area contributed by atoms with E-state index in [0.717, 1.165) is 29.7 Å². The Bertz CT molecular complexity index is 469. The van der Waals surface area contributed by atoms with Gasteiger partial charge in [0.1, 0.15) is 0 Å². The second-order valence-electron chi connectivity index (χ2n) is 4.86. The van der Waals surface area contributed by atoms with Crippen molar-refractivity contribution in [3.05, 3.63) is 28.3 Å². The molecular formula is C14H19ClN2O. The maximum Gasteiger partial charge on any atom is 0.228 e. The van der Waals surface area contributed by atoms with Gasteiger partial charge in [-0.3, -0.25) is 4.79 Å². The summed E-state index contributed by atoms with van der Waals surface area (Å²) >= 11 is 6.28. The van der Waals surface area contributed by atoms with Gasteiger partial charge in [-0.25, -0.2) is 0 Å². The van der Waals surface area contributed by atoms with Crippen molar-refractivity contribution in [3.63, 3.8) is 0 Å². The maximum absolute atomic E-state index is 11.4. The first-order valence-electron chi connectivity index (χ1n) is 6.44. The van der Waals surface area contributed by atoms with Gasteiger partial charge in [0.15, 0.2) is 0 Å². The average molecular weight is 267 g/mol. The number of halogens is 1. The van der Waals surface area contributed by atoms with Gasteiger partial charge < -0.3 is 11.1 Å². The molecule has 1 atom stereocenters. The highest BCUT2D eigenvalue weighted by Gasteiger charge is 2.24. The third-order valence-corrected chi connectivity index (χ3v) is 4.09. The van der Waals surface area contributed by atoms with Crippen molar-refractivity contribution in [1.82, 2.24) is 0 Å². The van der Waals surface area contributed by atoms with Gasteiger partial charge in [0.25, 0.3) is 0 Å². The summed E-state index contributed by atoms with van der Waals surface area (Å²) < 4.78 is 0. The standard InChI is InChI=1S/C14H19ClN2O/c1-3-8(4-2)14(16)10-5-9-6-13(18)17-12(9)7-11(10)15/h5,7-8,14H,3-4,6,16H2,1-2H3,(H,17,18). The van der Waals surface area contributed by atoms with Gasteiger partial charge in [-0.1, -0.05) is 44.4 Å².